The number of carbonyl (C=O) groups excluding carboxylic acids is 1. The lowest BCUT2D eigenvalue weighted by Gasteiger charge is -2.38. The van der Waals surface area contributed by atoms with Crippen molar-refractivity contribution in [3.8, 4) is 0 Å². The van der Waals surface area contributed by atoms with Gasteiger partial charge < -0.3 is 4.74 Å². The summed E-state index contributed by atoms with van der Waals surface area (Å²) >= 11 is 0. The molecule has 0 saturated heterocycles. The van der Waals surface area contributed by atoms with Gasteiger partial charge in [0.15, 0.2) is 5.78 Å². The molecule has 1 aliphatic carbocycles. The molecular weight excluding hydrogens is 274 g/mol. The number of ether oxygens (including phenoxy) is 1. The minimum Gasteiger partial charge on any atom is -0.367 e. The van der Waals surface area contributed by atoms with Gasteiger partial charge in [-0.2, -0.15) is 0 Å². The van der Waals surface area contributed by atoms with Gasteiger partial charge in [-0.15, -0.1) is 0 Å². The number of halogens is 2. The minimum absolute atomic E-state index is 0.109. The summed E-state index contributed by atoms with van der Waals surface area (Å²) in [7, 11) is 0. The zero-order valence-corrected chi connectivity index (χ0v) is 12.6. The highest BCUT2D eigenvalue weighted by Crippen LogP contribution is 2.36. The average Bonchev–Trinajstić information content (AvgIpc) is 2.46. The van der Waals surface area contributed by atoms with Crippen LogP contribution < -0.4 is 0 Å². The first-order chi connectivity index (χ1) is 9.97. The maximum Gasteiger partial charge on any atom is 0.169 e. The normalized spacial score (nSPS) is 25.8. The van der Waals surface area contributed by atoms with Gasteiger partial charge in [-0.05, 0) is 62.3 Å². The van der Waals surface area contributed by atoms with Crippen molar-refractivity contribution in [1.82, 2.24) is 0 Å². The van der Waals surface area contributed by atoms with Crippen molar-refractivity contribution in [3.63, 3.8) is 0 Å². The Kier molecular flexibility index (Phi) is 5.09. The highest BCUT2D eigenvalue weighted by Gasteiger charge is 2.41. The van der Waals surface area contributed by atoms with E-state index in [1.165, 1.54) is 0 Å². The monoisotopic (exact) mass is 296 g/mol. The molecule has 0 atom stereocenters. The van der Waals surface area contributed by atoms with Gasteiger partial charge in [0.1, 0.15) is 17.2 Å². The van der Waals surface area contributed by atoms with Crippen LogP contribution in [0.15, 0.2) is 18.2 Å². The smallest absolute Gasteiger partial charge is 0.169 e. The number of ketones is 1. The lowest BCUT2D eigenvalue weighted by atomic mass is 9.75. The lowest BCUT2D eigenvalue weighted by Crippen LogP contribution is -2.45. The van der Waals surface area contributed by atoms with E-state index >= 15 is 0 Å². The van der Waals surface area contributed by atoms with Crippen LogP contribution in [0, 0.1) is 17.6 Å². The molecule has 0 aliphatic heterocycles. The molecule has 1 aliphatic rings. The van der Waals surface area contributed by atoms with Gasteiger partial charge in [0.25, 0.3) is 0 Å². The second-order valence-electron chi connectivity index (χ2n) is 5.95. The van der Waals surface area contributed by atoms with Crippen LogP contribution in [-0.2, 0) is 16.0 Å². The zero-order chi connectivity index (χ0) is 15.5. The van der Waals surface area contributed by atoms with Crippen LogP contribution in [-0.4, -0.2) is 18.0 Å². The lowest BCUT2D eigenvalue weighted by molar-refractivity contribution is -0.149. The van der Waals surface area contributed by atoms with Gasteiger partial charge in [-0.25, -0.2) is 8.78 Å². The largest absolute Gasteiger partial charge is 0.367 e. The van der Waals surface area contributed by atoms with E-state index in [0.29, 0.717) is 25.4 Å². The summed E-state index contributed by atoms with van der Waals surface area (Å²) in [5, 5.41) is 0. The fraction of sp³-hybridized carbons (Fsp3) is 0.588. The molecule has 1 saturated carbocycles. The molecule has 4 heteroatoms. The molecule has 0 radical (unpaired) electrons. The molecule has 0 heterocycles. The molecule has 1 aromatic carbocycles. The van der Waals surface area contributed by atoms with E-state index in [2.05, 4.69) is 6.92 Å². The molecular formula is C17H22F2O2. The summed E-state index contributed by atoms with van der Waals surface area (Å²) in [4.78, 5) is 12.6. The standard InChI is InChI=1S/C17H22F2O2/c1-3-21-17(8-6-12(2)7-9-17)16(20)11-13-10-14(18)4-5-15(13)19/h4-5,10,12H,3,6-9,11H2,1-2H3. The van der Waals surface area contributed by atoms with Crippen LogP contribution in [0.3, 0.4) is 0 Å². The Balaban J connectivity index is 2.17. The summed E-state index contributed by atoms with van der Waals surface area (Å²) in [6.07, 6.45) is 3.07. The third-order valence-electron chi connectivity index (χ3n) is 4.37. The van der Waals surface area contributed by atoms with Gasteiger partial charge in [-0.1, -0.05) is 6.92 Å². The van der Waals surface area contributed by atoms with Crippen LogP contribution >= 0.6 is 0 Å². The molecule has 21 heavy (non-hydrogen) atoms. The van der Waals surface area contributed by atoms with Crippen molar-refractivity contribution in [2.45, 2.75) is 51.6 Å². The predicted octanol–water partition coefficient (Wildman–Crippen LogP) is 4.06. The summed E-state index contributed by atoms with van der Waals surface area (Å²) in [5.41, 5.74) is -0.710. The van der Waals surface area contributed by atoms with Gasteiger partial charge in [0.2, 0.25) is 0 Å². The van der Waals surface area contributed by atoms with Crippen LogP contribution in [0.2, 0.25) is 0 Å². The van der Waals surface area contributed by atoms with E-state index in [0.717, 1.165) is 31.0 Å². The van der Waals surface area contributed by atoms with Crippen LogP contribution in [0.1, 0.15) is 45.1 Å². The third kappa shape index (κ3) is 3.67. The van der Waals surface area contributed by atoms with Crippen molar-refractivity contribution >= 4 is 5.78 Å². The summed E-state index contributed by atoms with van der Waals surface area (Å²) in [6.45, 7) is 4.47. The minimum atomic E-state index is -0.819. The first-order valence-corrected chi connectivity index (χ1v) is 7.58. The molecule has 116 valence electrons. The van der Waals surface area contributed by atoms with Crippen molar-refractivity contribution in [1.29, 1.82) is 0 Å². The Morgan fingerprint density at radius 3 is 2.62 bits per heavy atom. The van der Waals surface area contributed by atoms with Crippen LogP contribution in [0.4, 0.5) is 8.78 Å². The highest BCUT2D eigenvalue weighted by atomic mass is 19.1. The molecule has 0 aromatic heterocycles. The van der Waals surface area contributed by atoms with Gasteiger partial charge >= 0.3 is 0 Å². The molecule has 2 nitrogen and oxygen atoms in total. The average molecular weight is 296 g/mol. The SMILES string of the molecule is CCOC1(C(=O)Cc2cc(F)ccc2F)CCC(C)CC1. The Morgan fingerprint density at radius 2 is 2.00 bits per heavy atom. The topological polar surface area (TPSA) is 26.3 Å². The quantitative estimate of drug-likeness (QED) is 0.819. The third-order valence-corrected chi connectivity index (χ3v) is 4.37. The van der Waals surface area contributed by atoms with Gasteiger partial charge in [-0.3, -0.25) is 4.79 Å². The molecule has 0 unspecified atom stereocenters. The Hall–Kier alpha value is -1.29. The number of benzene rings is 1. The number of hydrogen-bond acceptors (Lipinski definition) is 2. The molecule has 0 bridgehead atoms. The summed E-state index contributed by atoms with van der Waals surface area (Å²) < 4.78 is 32.7. The Labute approximate surface area is 124 Å². The molecule has 2 rings (SSSR count). The fourth-order valence-corrected chi connectivity index (χ4v) is 3.02. The molecule has 0 amide bonds. The van der Waals surface area contributed by atoms with Crippen molar-refractivity contribution in [2.24, 2.45) is 5.92 Å². The van der Waals surface area contributed by atoms with E-state index in [1.54, 1.807) is 0 Å². The molecule has 0 spiro atoms. The first kappa shape index (κ1) is 16.1. The van der Waals surface area contributed by atoms with Gasteiger partial charge in [0.05, 0.1) is 0 Å². The summed E-state index contributed by atoms with van der Waals surface area (Å²) in [6, 6.07) is 3.22. The summed E-state index contributed by atoms with van der Waals surface area (Å²) in [5.74, 6) is -0.625. The predicted molar refractivity (Wildman–Crippen MR) is 77.1 cm³/mol. The van der Waals surface area contributed by atoms with Crippen molar-refractivity contribution in [3.05, 3.63) is 35.4 Å². The number of carbonyl (C=O) groups is 1. The number of Topliss-reactive ketones (excluding diaryl/α,β-unsaturated/α-hetero) is 1. The Morgan fingerprint density at radius 1 is 1.33 bits per heavy atom. The maximum atomic E-state index is 13.7. The van der Waals surface area contributed by atoms with E-state index in [4.69, 9.17) is 4.74 Å². The highest BCUT2D eigenvalue weighted by molar-refractivity contribution is 5.89. The molecule has 0 N–H and O–H groups in total. The molecule has 1 aromatic rings. The van der Waals surface area contributed by atoms with Crippen molar-refractivity contribution < 1.29 is 18.3 Å². The van der Waals surface area contributed by atoms with Crippen LogP contribution in [0.5, 0.6) is 0 Å². The number of hydrogen-bond donors (Lipinski definition) is 0. The fourth-order valence-electron chi connectivity index (χ4n) is 3.02. The second-order valence-corrected chi connectivity index (χ2v) is 5.95. The number of rotatable bonds is 5. The molecule has 1 fully saturated rings. The maximum absolute atomic E-state index is 13.7. The van der Waals surface area contributed by atoms with Crippen LogP contribution in [0.25, 0.3) is 0 Å². The van der Waals surface area contributed by atoms with Crippen molar-refractivity contribution in [2.75, 3.05) is 6.61 Å². The zero-order valence-electron chi connectivity index (χ0n) is 12.6. The Bertz CT molecular complexity index is 506. The first-order valence-electron chi connectivity index (χ1n) is 7.58. The van der Waals surface area contributed by atoms with E-state index in [1.807, 2.05) is 6.92 Å². The second kappa shape index (κ2) is 6.65. The van der Waals surface area contributed by atoms with Gasteiger partial charge in [0, 0.05) is 13.0 Å². The van der Waals surface area contributed by atoms with E-state index < -0.39 is 17.2 Å². The van der Waals surface area contributed by atoms with E-state index in [-0.39, 0.29) is 17.8 Å². The van der Waals surface area contributed by atoms with E-state index in [9.17, 15) is 13.6 Å².